The van der Waals surface area contributed by atoms with E-state index in [4.69, 9.17) is 4.74 Å². The molecule has 0 aliphatic rings. The van der Waals surface area contributed by atoms with Gasteiger partial charge in [-0.05, 0) is 18.3 Å². The van der Waals surface area contributed by atoms with Crippen molar-refractivity contribution < 1.29 is 4.74 Å². The van der Waals surface area contributed by atoms with Crippen molar-refractivity contribution in [3.8, 4) is 5.75 Å². The summed E-state index contributed by atoms with van der Waals surface area (Å²) < 4.78 is 5.40. The maximum absolute atomic E-state index is 5.40. The maximum Gasteiger partial charge on any atom is 0.204 e. The molecule has 0 spiro atoms. The zero-order valence-corrected chi connectivity index (χ0v) is 12.9. The van der Waals surface area contributed by atoms with E-state index in [1.165, 1.54) is 0 Å². The Bertz CT molecular complexity index is 401. The fourth-order valence-electron chi connectivity index (χ4n) is 1.54. The van der Waals surface area contributed by atoms with Crippen LogP contribution in [0.3, 0.4) is 0 Å². The van der Waals surface area contributed by atoms with E-state index in [0.29, 0.717) is 11.7 Å². The van der Waals surface area contributed by atoms with Gasteiger partial charge in [-0.15, -0.1) is 0 Å². The van der Waals surface area contributed by atoms with Crippen molar-refractivity contribution in [2.75, 3.05) is 30.8 Å². The quantitative estimate of drug-likeness (QED) is 0.829. The van der Waals surface area contributed by atoms with Crippen LogP contribution in [0, 0.1) is 11.3 Å². The van der Waals surface area contributed by atoms with Crippen molar-refractivity contribution in [2.24, 2.45) is 11.3 Å². The van der Waals surface area contributed by atoms with E-state index >= 15 is 0 Å². The molecule has 0 saturated carbocycles. The van der Waals surface area contributed by atoms with Gasteiger partial charge in [0.15, 0.2) is 11.6 Å². The zero-order valence-electron chi connectivity index (χ0n) is 12.9. The molecule has 5 nitrogen and oxygen atoms in total. The number of anilines is 2. The molecule has 0 amide bonds. The summed E-state index contributed by atoms with van der Waals surface area (Å²) in [7, 11) is 1.64. The molecule has 108 valence electrons. The third-order valence-corrected chi connectivity index (χ3v) is 3.41. The molecule has 0 radical (unpaired) electrons. The molecule has 0 fully saturated rings. The third kappa shape index (κ3) is 4.26. The normalized spacial score (nSPS) is 12.9. The van der Waals surface area contributed by atoms with Gasteiger partial charge in [-0.3, -0.25) is 0 Å². The van der Waals surface area contributed by atoms with Crippen LogP contribution in [0.25, 0.3) is 0 Å². The number of hydrogen-bond donors (Lipinski definition) is 2. The summed E-state index contributed by atoms with van der Waals surface area (Å²) in [5.41, 5.74) is 0.262. The Hall–Kier alpha value is -1.52. The highest BCUT2D eigenvalue weighted by Crippen LogP contribution is 2.30. The Kier molecular flexibility index (Phi) is 5.39. The first kappa shape index (κ1) is 15.5. The van der Waals surface area contributed by atoms with Gasteiger partial charge in [0.2, 0.25) is 5.75 Å². The molecule has 0 aliphatic carbocycles. The molecule has 1 rings (SSSR count). The summed E-state index contributed by atoms with van der Waals surface area (Å²) in [5, 5.41) is 6.52. The average Bonchev–Trinajstić information content (AvgIpc) is 2.35. The second-order valence-corrected chi connectivity index (χ2v) is 5.78. The number of hydrogen-bond acceptors (Lipinski definition) is 5. The Morgan fingerprint density at radius 2 is 1.79 bits per heavy atom. The fraction of sp³-hybridized carbons (Fsp3) is 0.714. The summed E-state index contributed by atoms with van der Waals surface area (Å²) in [5.74, 6) is 2.66. The van der Waals surface area contributed by atoms with Gasteiger partial charge in [-0.25, -0.2) is 9.97 Å². The van der Waals surface area contributed by atoms with Gasteiger partial charge in [0.25, 0.3) is 0 Å². The largest absolute Gasteiger partial charge is 0.490 e. The molecule has 0 bridgehead atoms. The number of aromatic nitrogens is 2. The number of methoxy groups -OCH3 is 1. The van der Waals surface area contributed by atoms with E-state index in [1.54, 1.807) is 13.4 Å². The van der Waals surface area contributed by atoms with Crippen molar-refractivity contribution >= 4 is 11.6 Å². The van der Waals surface area contributed by atoms with Gasteiger partial charge in [-0.1, -0.05) is 27.7 Å². The van der Waals surface area contributed by atoms with Crippen LogP contribution in [0.15, 0.2) is 6.33 Å². The lowest BCUT2D eigenvalue weighted by Gasteiger charge is -2.27. The monoisotopic (exact) mass is 266 g/mol. The van der Waals surface area contributed by atoms with Crippen LogP contribution in [-0.2, 0) is 0 Å². The highest BCUT2D eigenvalue weighted by molar-refractivity contribution is 5.63. The molecule has 1 atom stereocenters. The van der Waals surface area contributed by atoms with Crippen LogP contribution in [0.2, 0.25) is 0 Å². The van der Waals surface area contributed by atoms with Gasteiger partial charge in [0, 0.05) is 13.1 Å². The Morgan fingerprint density at radius 1 is 1.21 bits per heavy atom. The topological polar surface area (TPSA) is 59.1 Å². The van der Waals surface area contributed by atoms with Crippen LogP contribution in [0.4, 0.5) is 11.6 Å². The molecular formula is C14H26N4O. The van der Waals surface area contributed by atoms with Crippen molar-refractivity contribution in [2.45, 2.75) is 34.6 Å². The van der Waals surface area contributed by atoms with Crippen LogP contribution < -0.4 is 15.4 Å². The SMILES string of the molecule is CCNc1ncnc(NCC(C)C(C)(C)C)c1OC. The van der Waals surface area contributed by atoms with Crippen LogP contribution in [0.5, 0.6) is 5.75 Å². The number of ether oxygens (including phenoxy) is 1. The highest BCUT2D eigenvalue weighted by Gasteiger charge is 2.20. The predicted molar refractivity (Wildman–Crippen MR) is 79.9 cm³/mol. The van der Waals surface area contributed by atoms with E-state index in [9.17, 15) is 0 Å². The van der Waals surface area contributed by atoms with Gasteiger partial charge >= 0.3 is 0 Å². The highest BCUT2D eigenvalue weighted by atomic mass is 16.5. The molecule has 5 heteroatoms. The van der Waals surface area contributed by atoms with E-state index < -0.39 is 0 Å². The molecule has 1 unspecified atom stereocenters. The fourth-order valence-corrected chi connectivity index (χ4v) is 1.54. The van der Waals surface area contributed by atoms with E-state index in [1.807, 2.05) is 6.92 Å². The number of rotatable bonds is 6. The summed E-state index contributed by atoms with van der Waals surface area (Å²) in [6.07, 6.45) is 1.55. The second kappa shape index (κ2) is 6.59. The summed E-state index contributed by atoms with van der Waals surface area (Å²) in [6.45, 7) is 12.6. The predicted octanol–water partition coefficient (Wildman–Crippen LogP) is 3.01. The van der Waals surface area contributed by atoms with Crippen LogP contribution in [0.1, 0.15) is 34.6 Å². The van der Waals surface area contributed by atoms with Gasteiger partial charge < -0.3 is 15.4 Å². The van der Waals surface area contributed by atoms with Crippen molar-refractivity contribution in [3.05, 3.63) is 6.33 Å². The smallest absolute Gasteiger partial charge is 0.204 e. The molecule has 19 heavy (non-hydrogen) atoms. The van der Waals surface area contributed by atoms with Crippen molar-refractivity contribution in [1.29, 1.82) is 0 Å². The molecule has 0 saturated heterocycles. The van der Waals surface area contributed by atoms with E-state index in [0.717, 1.165) is 24.7 Å². The van der Waals surface area contributed by atoms with Gasteiger partial charge in [0.1, 0.15) is 6.33 Å². The lowest BCUT2D eigenvalue weighted by Crippen LogP contribution is -2.25. The minimum Gasteiger partial charge on any atom is -0.490 e. The summed E-state index contributed by atoms with van der Waals surface area (Å²) in [6, 6.07) is 0. The Balaban J connectivity index is 2.81. The molecule has 0 aliphatic heterocycles. The molecular weight excluding hydrogens is 240 g/mol. The first-order valence-electron chi connectivity index (χ1n) is 6.76. The second-order valence-electron chi connectivity index (χ2n) is 5.78. The minimum absolute atomic E-state index is 0.262. The Labute approximate surface area is 116 Å². The van der Waals surface area contributed by atoms with Crippen molar-refractivity contribution in [3.63, 3.8) is 0 Å². The maximum atomic E-state index is 5.40. The molecule has 2 N–H and O–H groups in total. The minimum atomic E-state index is 0.262. The molecule has 1 aromatic rings. The summed E-state index contributed by atoms with van der Waals surface area (Å²) >= 11 is 0. The summed E-state index contributed by atoms with van der Waals surface area (Å²) in [4.78, 5) is 8.45. The molecule has 0 aromatic carbocycles. The standard InChI is InChI=1S/C14H26N4O/c1-7-15-12-11(19-6)13(18-9-17-12)16-8-10(2)14(3,4)5/h9-10H,7-8H2,1-6H3,(H2,15,16,17,18). The van der Waals surface area contributed by atoms with Crippen LogP contribution >= 0.6 is 0 Å². The first-order valence-corrected chi connectivity index (χ1v) is 6.76. The molecule has 1 aromatic heterocycles. The first-order chi connectivity index (χ1) is 8.90. The van der Waals surface area contributed by atoms with Gasteiger partial charge in [-0.2, -0.15) is 0 Å². The number of nitrogens with one attached hydrogen (secondary N) is 2. The average molecular weight is 266 g/mol. The zero-order chi connectivity index (χ0) is 14.5. The lowest BCUT2D eigenvalue weighted by molar-refractivity contribution is 0.274. The number of nitrogens with zero attached hydrogens (tertiary/aromatic N) is 2. The van der Waals surface area contributed by atoms with E-state index in [2.05, 4.69) is 48.3 Å². The molecule has 1 heterocycles. The van der Waals surface area contributed by atoms with Gasteiger partial charge in [0.05, 0.1) is 7.11 Å². The Morgan fingerprint density at radius 3 is 2.26 bits per heavy atom. The lowest BCUT2D eigenvalue weighted by atomic mass is 9.82. The van der Waals surface area contributed by atoms with E-state index in [-0.39, 0.29) is 5.41 Å². The third-order valence-electron chi connectivity index (χ3n) is 3.41. The van der Waals surface area contributed by atoms with Crippen LogP contribution in [-0.4, -0.2) is 30.2 Å². The van der Waals surface area contributed by atoms with Crippen molar-refractivity contribution in [1.82, 2.24) is 9.97 Å².